The summed E-state index contributed by atoms with van der Waals surface area (Å²) in [6.07, 6.45) is 5.13. The summed E-state index contributed by atoms with van der Waals surface area (Å²) in [5, 5.41) is 2.31. The van der Waals surface area contributed by atoms with E-state index in [1.54, 1.807) is 29.2 Å². The topological polar surface area (TPSA) is 40.9 Å². The van der Waals surface area contributed by atoms with Gasteiger partial charge in [0.1, 0.15) is 5.82 Å². The zero-order valence-corrected chi connectivity index (χ0v) is 15.4. The van der Waals surface area contributed by atoms with Gasteiger partial charge in [0, 0.05) is 49.5 Å². The molecule has 2 aromatic heterocycles. The number of amides is 1. The third-order valence-corrected chi connectivity index (χ3v) is 5.46. The van der Waals surface area contributed by atoms with Gasteiger partial charge in [0.15, 0.2) is 10.1 Å². The van der Waals surface area contributed by atoms with Crippen LogP contribution in [0.5, 0.6) is 0 Å². The highest BCUT2D eigenvalue weighted by molar-refractivity contribution is 7.15. The first-order valence-electron chi connectivity index (χ1n) is 8.20. The van der Waals surface area contributed by atoms with Crippen LogP contribution in [0.25, 0.3) is 11.0 Å². The Bertz CT molecular complexity index is 957. The number of hydrogen-bond acceptors (Lipinski definition) is 4. The fraction of sp³-hybridized carbons (Fsp3) is 0.222. The van der Waals surface area contributed by atoms with E-state index in [1.165, 1.54) is 23.5 Å². The molecule has 8 heteroatoms. The second-order valence-electron chi connectivity index (χ2n) is 5.97. The average Bonchev–Trinajstić information content (AvgIpc) is 3.21. The van der Waals surface area contributed by atoms with Crippen LogP contribution in [0.15, 0.2) is 41.9 Å². The van der Waals surface area contributed by atoms with Gasteiger partial charge >= 0.3 is 0 Å². The molecule has 0 atom stereocenters. The Labute approximate surface area is 158 Å². The zero-order valence-electron chi connectivity index (χ0n) is 13.8. The Hall–Kier alpha value is -2.38. The molecule has 3 aromatic rings. The fourth-order valence-electron chi connectivity index (χ4n) is 3.02. The second-order valence-corrected chi connectivity index (χ2v) is 7.20. The van der Waals surface area contributed by atoms with Crippen molar-refractivity contribution in [2.75, 3.05) is 31.1 Å². The van der Waals surface area contributed by atoms with Crippen LogP contribution in [0.3, 0.4) is 0 Å². The maximum absolute atomic E-state index is 13.0. The number of rotatable bonds is 3. The van der Waals surface area contributed by atoms with Crippen molar-refractivity contribution >= 4 is 45.6 Å². The summed E-state index contributed by atoms with van der Waals surface area (Å²) in [6.45, 7) is 2.67. The summed E-state index contributed by atoms with van der Waals surface area (Å²) >= 11 is 7.63. The van der Waals surface area contributed by atoms with Gasteiger partial charge in [-0.25, -0.2) is 9.37 Å². The molecular formula is C18H16ClFN4OS. The Morgan fingerprint density at radius 2 is 1.92 bits per heavy atom. The Morgan fingerprint density at radius 1 is 1.19 bits per heavy atom. The number of thiazole rings is 1. The van der Waals surface area contributed by atoms with Crippen molar-refractivity contribution in [2.24, 2.45) is 0 Å². The highest BCUT2D eigenvalue weighted by atomic mass is 35.5. The summed E-state index contributed by atoms with van der Waals surface area (Å²) in [5.41, 5.74) is 1.68. The Morgan fingerprint density at radius 3 is 2.65 bits per heavy atom. The summed E-state index contributed by atoms with van der Waals surface area (Å²) in [7, 11) is 0. The molecule has 1 aliphatic rings. The SMILES string of the molecule is O=C(/C=C/c1c(Cl)nc2sccn12)N1CCN(c2ccc(F)cc2)CC1. The second kappa shape index (κ2) is 7.09. The number of carbonyl (C=O) groups excluding carboxylic acids is 1. The van der Waals surface area contributed by atoms with E-state index in [1.807, 2.05) is 16.0 Å². The molecule has 1 saturated heterocycles. The lowest BCUT2D eigenvalue weighted by Crippen LogP contribution is -2.48. The Kier molecular flexibility index (Phi) is 4.65. The lowest BCUT2D eigenvalue weighted by molar-refractivity contribution is -0.126. The first-order valence-corrected chi connectivity index (χ1v) is 9.46. The number of hydrogen-bond donors (Lipinski definition) is 0. The van der Waals surface area contributed by atoms with Gasteiger partial charge in [-0.3, -0.25) is 9.20 Å². The minimum Gasteiger partial charge on any atom is -0.368 e. The van der Waals surface area contributed by atoms with Gasteiger partial charge < -0.3 is 9.80 Å². The smallest absolute Gasteiger partial charge is 0.246 e. The maximum Gasteiger partial charge on any atom is 0.246 e. The number of fused-ring (bicyclic) bond motifs is 1. The predicted octanol–water partition coefficient (Wildman–Crippen LogP) is 3.55. The molecular weight excluding hydrogens is 375 g/mol. The van der Waals surface area contributed by atoms with Gasteiger partial charge in [0.2, 0.25) is 5.91 Å². The van der Waals surface area contributed by atoms with Crippen molar-refractivity contribution < 1.29 is 9.18 Å². The van der Waals surface area contributed by atoms with E-state index in [-0.39, 0.29) is 11.7 Å². The molecule has 3 heterocycles. The van der Waals surface area contributed by atoms with Crippen molar-refractivity contribution in [3.05, 3.63) is 58.6 Å². The third-order valence-electron chi connectivity index (χ3n) is 4.42. The molecule has 0 spiro atoms. The first-order chi connectivity index (χ1) is 12.6. The quantitative estimate of drug-likeness (QED) is 0.642. The van der Waals surface area contributed by atoms with Crippen LogP contribution in [0.4, 0.5) is 10.1 Å². The lowest BCUT2D eigenvalue weighted by Gasteiger charge is -2.35. The summed E-state index contributed by atoms with van der Waals surface area (Å²) < 4.78 is 14.9. The largest absolute Gasteiger partial charge is 0.368 e. The van der Waals surface area contributed by atoms with Crippen molar-refractivity contribution in [1.82, 2.24) is 14.3 Å². The molecule has 1 aliphatic heterocycles. The number of piperazine rings is 1. The highest BCUT2D eigenvalue weighted by Gasteiger charge is 2.20. The van der Waals surface area contributed by atoms with Gasteiger partial charge in [-0.1, -0.05) is 11.6 Å². The van der Waals surface area contributed by atoms with Gasteiger partial charge in [0.05, 0.1) is 5.69 Å². The van der Waals surface area contributed by atoms with E-state index < -0.39 is 0 Å². The molecule has 0 radical (unpaired) electrons. The van der Waals surface area contributed by atoms with Crippen LogP contribution in [-0.2, 0) is 4.79 Å². The molecule has 0 aliphatic carbocycles. The average molecular weight is 391 g/mol. The van der Waals surface area contributed by atoms with Crippen molar-refractivity contribution in [1.29, 1.82) is 0 Å². The number of imidazole rings is 1. The van der Waals surface area contributed by atoms with Crippen LogP contribution in [0, 0.1) is 5.82 Å². The molecule has 4 rings (SSSR count). The zero-order chi connectivity index (χ0) is 18.1. The lowest BCUT2D eigenvalue weighted by atomic mass is 10.2. The van der Waals surface area contributed by atoms with E-state index in [4.69, 9.17) is 11.6 Å². The van der Waals surface area contributed by atoms with Crippen LogP contribution >= 0.6 is 22.9 Å². The highest BCUT2D eigenvalue weighted by Crippen LogP contribution is 2.22. The van der Waals surface area contributed by atoms with E-state index >= 15 is 0 Å². The standard InChI is InChI=1S/C18H16ClFN4OS/c19-17-15(24-11-12-26-18(24)21-17)5-6-16(25)23-9-7-22(8-10-23)14-3-1-13(20)2-4-14/h1-6,11-12H,7-10H2/b6-5+. The molecule has 134 valence electrons. The predicted molar refractivity (Wildman–Crippen MR) is 102 cm³/mol. The molecule has 1 fully saturated rings. The van der Waals surface area contributed by atoms with Crippen LogP contribution in [0.2, 0.25) is 5.15 Å². The van der Waals surface area contributed by atoms with Crippen molar-refractivity contribution in [3.63, 3.8) is 0 Å². The summed E-state index contributed by atoms with van der Waals surface area (Å²) in [5.74, 6) is -0.295. The molecule has 0 bridgehead atoms. The van der Waals surface area contributed by atoms with E-state index in [0.717, 1.165) is 10.6 Å². The van der Waals surface area contributed by atoms with Crippen LogP contribution in [0.1, 0.15) is 5.69 Å². The van der Waals surface area contributed by atoms with Gasteiger partial charge in [-0.15, -0.1) is 11.3 Å². The van der Waals surface area contributed by atoms with E-state index in [9.17, 15) is 9.18 Å². The van der Waals surface area contributed by atoms with Crippen molar-refractivity contribution in [2.45, 2.75) is 0 Å². The molecule has 26 heavy (non-hydrogen) atoms. The molecule has 0 unspecified atom stereocenters. The molecule has 1 amide bonds. The van der Waals surface area contributed by atoms with Crippen LogP contribution in [-0.4, -0.2) is 46.4 Å². The minimum atomic E-state index is -0.244. The number of benzene rings is 1. The van der Waals surface area contributed by atoms with Gasteiger partial charge in [-0.05, 0) is 30.3 Å². The molecule has 5 nitrogen and oxygen atoms in total. The van der Waals surface area contributed by atoms with Gasteiger partial charge in [0.25, 0.3) is 0 Å². The van der Waals surface area contributed by atoms with Crippen molar-refractivity contribution in [3.8, 4) is 0 Å². The van der Waals surface area contributed by atoms with Crippen LogP contribution < -0.4 is 4.90 Å². The fourth-order valence-corrected chi connectivity index (χ4v) is 4.02. The number of carbonyl (C=O) groups is 1. The first kappa shape index (κ1) is 17.1. The number of halogens is 2. The number of anilines is 1. The molecule has 0 saturated carbocycles. The van der Waals surface area contributed by atoms with E-state index in [0.29, 0.717) is 37.0 Å². The van der Waals surface area contributed by atoms with Gasteiger partial charge in [-0.2, -0.15) is 0 Å². The molecule has 0 N–H and O–H groups in total. The normalized spacial score (nSPS) is 15.3. The minimum absolute atomic E-state index is 0.0509. The maximum atomic E-state index is 13.0. The third kappa shape index (κ3) is 3.32. The molecule has 1 aromatic carbocycles. The summed E-state index contributed by atoms with van der Waals surface area (Å²) in [6, 6.07) is 6.44. The number of nitrogens with zero attached hydrogens (tertiary/aromatic N) is 4. The Balaban J connectivity index is 1.40. The van der Waals surface area contributed by atoms with E-state index in [2.05, 4.69) is 9.88 Å². The summed E-state index contributed by atoms with van der Waals surface area (Å²) in [4.78, 5) is 21.5. The monoisotopic (exact) mass is 390 g/mol. The number of aromatic nitrogens is 2.